The summed E-state index contributed by atoms with van der Waals surface area (Å²) in [5.41, 5.74) is 1.76. The maximum absolute atomic E-state index is 14.4. The van der Waals surface area contributed by atoms with Crippen molar-refractivity contribution in [2.75, 3.05) is 44.7 Å². The fourth-order valence-corrected chi connectivity index (χ4v) is 2.76. The fourth-order valence-electron chi connectivity index (χ4n) is 2.76. The van der Waals surface area contributed by atoms with Gasteiger partial charge in [0.2, 0.25) is 0 Å². The lowest BCUT2D eigenvalue weighted by atomic mass is 10.1. The van der Waals surface area contributed by atoms with Gasteiger partial charge in [-0.25, -0.2) is 4.39 Å². The van der Waals surface area contributed by atoms with Gasteiger partial charge >= 0.3 is 0 Å². The van der Waals surface area contributed by atoms with Gasteiger partial charge in [0.15, 0.2) is 0 Å². The number of hydrogen-bond acceptors (Lipinski definition) is 3. The predicted molar refractivity (Wildman–Crippen MR) is 82.8 cm³/mol. The Labute approximate surface area is 121 Å². The topological polar surface area (TPSA) is 18.5 Å². The number of hydrogen-bond donors (Lipinski definition) is 1. The van der Waals surface area contributed by atoms with Crippen LogP contribution in [0.2, 0.25) is 0 Å². The summed E-state index contributed by atoms with van der Waals surface area (Å²) in [7, 11) is 2.13. The van der Waals surface area contributed by atoms with Gasteiger partial charge in [0.25, 0.3) is 0 Å². The van der Waals surface area contributed by atoms with Crippen molar-refractivity contribution >= 4 is 5.69 Å². The lowest BCUT2D eigenvalue weighted by Crippen LogP contribution is -2.29. The second-order valence-corrected chi connectivity index (χ2v) is 5.63. The Morgan fingerprint density at radius 1 is 1.25 bits per heavy atom. The molecule has 20 heavy (non-hydrogen) atoms. The average Bonchev–Trinajstić information content (AvgIpc) is 2.64. The second kappa shape index (κ2) is 7.04. The summed E-state index contributed by atoms with van der Waals surface area (Å²) < 4.78 is 14.4. The molecule has 0 amide bonds. The summed E-state index contributed by atoms with van der Waals surface area (Å²) in [6.45, 7) is 8.94. The Morgan fingerprint density at radius 2 is 2.05 bits per heavy atom. The van der Waals surface area contributed by atoms with Gasteiger partial charge < -0.3 is 15.1 Å². The van der Waals surface area contributed by atoms with Crippen molar-refractivity contribution in [3.05, 3.63) is 29.6 Å². The summed E-state index contributed by atoms with van der Waals surface area (Å²) in [5.74, 6) is -0.100. The lowest BCUT2D eigenvalue weighted by molar-refractivity contribution is 0.360. The molecule has 1 aliphatic rings. The van der Waals surface area contributed by atoms with Crippen LogP contribution in [-0.2, 0) is 0 Å². The molecule has 2 rings (SSSR count). The van der Waals surface area contributed by atoms with Crippen LogP contribution in [0, 0.1) is 5.82 Å². The van der Waals surface area contributed by atoms with Gasteiger partial charge in [-0.15, -0.1) is 0 Å². The number of nitrogens with one attached hydrogen (secondary N) is 1. The molecule has 0 aromatic heterocycles. The largest absolute Gasteiger partial charge is 0.368 e. The predicted octanol–water partition coefficient (Wildman–Crippen LogP) is 2.64. The minimum absolute atomic E-state index is 0.100. The van der Waals surface area contributed by atoms with E-state index in [-0.39, 0.29) is 11.9 Å². The zero-order chi connectivity index (χ0) is 14.5. The number of nitrogens with zero attached hydrogens (tertiary/aromatic N) is 2. The van der Waals surface area contributed by atoms with Gasteiger partial charge in [-0.1, -0.05) is 13.0 Å². The number of halogens is 1. The average molecular weight is 279 g/mol. The highest BCUT2D eigenvalue weighted by Gasteiger charge is 2.16. The van der Waals surface area contributed by atoms with Crippen LogP contribution in [0.15, 0.2) is 18.2 Å². The van der Waals surface area contributed by atoms with E-state index in [1.165, 1.54) is 0 Å². The Morgan fingerprint density at radius 3 is 2.75 bits per heavy atom. The molecule has 1 saturated heterocycles. The summed E-state index contributed by atoms with van der Waals surface area (Å²) in [6.07, 6.45) is 1.09. The Balaban J connectivity index is 2.12. The number of likely N-dealkylation sites (N-methyl/N-ethyl adjacent to an activating group) is 1. The summed E-state index contributed by atoms with van der Waals surface area (Å²) in [5, 5.41) is 3.32. The first kappa shape index (κ1) is 15.3. The molecule has 1 aromatic rings. The van der Waals surface area contributed by atoms with Gasteiger partial charge in [0, 0.05) is 25.7 Å². The highest BCUT2D eigenvalue weighted by Crippen LogP contribution is 2.24. The molecule has 1 fully saturated rings. The minimum Gasteiger partial charge on any atom is -0.368 e. The maximum Gasteiger partial charge on any atom is 0.146 e. The highest BCUT2D eigenvalue weighted by atomic mass is 19.1. The van der Waals surface area contributed by atoms with E-state index in [4.69, 9.17) is 0 Å². The molecular weight excluding hydrogens is 253 g/mol. The zero-order valence-corrected chi connectivity index (χ0v) is 12.8. The summed E-state index contributed by atoms with van der Waals surface area (Å²) >= 11 is 0. The van der Waals surface area contributed by atoms with Crippen LogP contribution >= 0.6 is 0 Å². The van der Waals surface area contributed by atoms with Crippen molar-refractivity contribution in [2.24, 2.45) is 0 Å². The minimum atomic E-state index is -0.100. The van der Waals surface area contributed by atoms with E-state index in [2.05, 4.69) is 36.0 Å². The van der Waals surface area contributed by atoms with Crippen LogP contribution in [0.1, 0.15) is 31.9 Å². The Kier molecular flexibility index (Phi) is 5.38. The van der Waals surface area contributed by atoms with E-state index in [1.807, 2.05) is 12.1 Å². The fraction of sp³-hybridized carbons (Fsp3) is 0.625. The van der Waals surface area contributed by atoms with Crippen LogP contribution < -0.4 is 10.2 Å². The first-order chi connectivity index (χ1) is 9.61. The van der Waals surface area contributed by atoms with Gasteiger partial charge in [-0.05, 0) is 51.2 Å². The molecule has 3 nitrogen and oxygen atoms in total. The SMILES string of the molecule is CCNC(C)c1ccc(N2CCCN(C)CC2)c(F)c1. The second-order valence-electron chi connectivity index (χ2n) is 5.63. The van der Waals surface area contributed by atoms with Crippen molar-refractivity contribution < 1.29 is 4.39 Å². The maximum atomic E-state index is 14.4. The molecule has 1 aromatic carbocycles. The molecule has 1 aliphatic heterocycles. The molecule has 0 spiro atoms. The van der Waals surface area contributed by atoms with Crippen molar-refractivity contribution in [1.82, 2.24) is 10.2 Å². The highest BCUT2D eigenvalue weighted by molar-refractivity contribution is 5.49. The molecule has 0 aliphatic carbocycles. The van der Waals surface area contributed by atoms with Crippen LogP contribution in [0.4, 0.5) is 10.1 Å². The molecule has 0 bridgehead atoms. The molecule has 1 heterocycles. The summed E-state index contributed by atoms with van der Waals surface area (Å²) in [4.78, 5) is 4.47. The number of anilines is 1. The Bertz CT molecular complexity index is 436. The third-order valence-corrected chi connectivity index (χ3v) is 4.04. The molecular formula is C16H26FN3. The van der Waals surface area contributed by atoms with Crippen molar-refractivity contribution in [1.29, 1.82) is 0 Å². The van der Waals surface area contributed by atoms with Gasteiger partial charge in [0.05, 0.1) is 5.69 Å². The third kappa shape index (κ3) is 3.70. The standard InChI is InChI=1S/C16H26FN3/c1-4-18-13(2)14-6-7-16(15(17)12-14)20-9-5-8-19(3)10-11-20/h6-7,12-13,18H,4-5,8-11H2,1-3H3. The van der Waals surface area contributed by atoms with Gasteiger partial charge in [-0.2, -0.15) is 0 Å². The number of benzene rings is 1. The molecule has 1 N–H and O–H groups in total. The van der Waals surface area contributed by atoms with E-state index in [9.17, 15) is 4.39 Å². The first-order valence-electron chi connectivity index (χ1n) is 7.58. The molecule has 4 heteroatoms. The quantitative estimate of drug-likeness (QED) is 0.914. The van der Waals surface area contributed by atoms with Crippen LogP contribution in [0.5, 0.6) is 0 Å². The molecule has 0 radical (unpaired) electrons. The molecule has 0 saturated carbocycles. The van der Waals surface area contributed by atoms with Crippen molar-refractivity contribution in [3.8, 4) is 0 Å². The van der Waals surface area contributed by atoms with E-state index in [1.54, 1.807) is 6.07 Å². The van der Waals surface area contributed by atoms with E-state index >= 15 is 0 Å². The third-order valence-electron chi connectivity index (χ3n) is 4.04. The van der Waals surface area contributed by atoms with Gasteiger partial charge in [0.1, 0.15) is 5.82 Å². The summed E-state index contributed by atoms with van der Waals surface area (Å²) in [6, 6.07) is 5.85. The van der Waals surface area contributed by atoms with Crippen molar-refractivity contribution in [3.63, 3.8) is 0 Å². The van der Waals surface area contributed by atoms with E-state index < -0.39 is 0 Å². The number of rotatable bonds is 4. The monoisotopic (exact) mass is 279 g/mol. The molecule has 112 valence electrons. The Hall–Kier alpha value is -1.13. The van der Waals surface area contributed by atoms with Crippen LogP contribution in [0.25, 0.3) is 0 Å². The smallest absolute Gasteiger partial charge is 0.146 e. The lowest BCUT2D eigenvalue weighted by Gasteiger charge is -2.24. The van der Waals surface area contributed by atoms with Crippen LogP contribution in [-0.4, -0.2) is 44.7 Å². The molecule has 1 unspecified atom stereocenters. The molecule has 1 atom stereocenters. The first-order valence-corrected chi connectivity index (χ1v) is 7.58. The van der Waals surface area contributed by atoms with E-state index in [0.717, 1.165) is 50.4 Å². The van der Waals surface area contributed by atoms with Crippen molar-refractivity contribution in [2.45, 2.75) is 26.3 Å². The van der Waals surface area contributed by atoms with Gasteiger partial charge in [-0.3, -0.25) is 0 Å². The van der Waals surface area contributed by atoms with Crippen LogP contribution in [0.3, 0.4) is 0 Å². The zero-order valence-electron chi connectivity index (χ0n) is 12.8. The van der Waals surface area contributed by atoms with E-state index in [0.29, 0.717) is 0 Å². The normalized spacial score (nSPS) is 18.9.